The maximum atomic E-state index is 4.34. The van der Waals surface area contributed by atoms with E-state index in [0.717, 1.165) is 25.0 Å². The summed E-state index contributed by atoms with van der Waals surface area (Å²) in [5.41, 5.74) is 5.05. The van der Waals surface area contributed by atoms with Crippen molar-refractivity contribution < 1.29 is 0 Å². The number of nitrogens with zero attached hydrogens (tertiary/aromatic N) is 2. The van der Waals surface area contributed by atoms with Crippen molar-refractivity contribution in [2.24, 2.45) is 7.05 Å². The standard InChI is InChI=1S/C13H15N3/c1-16-9-15-12-3-2-11(8-13(12)16)10-4-6-14-7-5-10/h2-4,8-9,14H,5-7H2,1H3. The van der Waals surface area contributed by atoms with E-state index < -0.39 is 0 Å². The Morgan fingerprint density at radius 2 is 2.31 bits per heavy atom. The predicted octanol–water partition coefficient (Wildman–Crippen LogP) is 1.95. The second-order valence-electron chi connectivity index (χ2n) is 4.24. The highest BCUT2D eigenvalue weighted by atomic mass is 15.0. The van der Waals surface area contributed by atoms with E-state index in [1.54, 1.807) is 0 Å². The van der Waals surface area contributed by atoms with E-state index in [9.17, 15) is 0 Å². The Kier molecular flexibility index (Phi) is 2.26. The van der Waals surface area contributed by atoms with Crippen molar-refractivity contribution in [1.29, 1.82) is 0 Å². The summed E-state index contributed by atoms with van der Waals surface area (Å²) in [4.78, 5) is 4.34. The van der Waals surface area contributed by atoms with Gasteiger partial charge in [-0.25, -0.2) is 4.98 Å². The summed E-state index contributed by atoms with van der Waals surface area (Å²) < 4.78 is 2.07. The van der Waals surface area contributed by atoms with Gasteiger partial charge in [0.15, 0.2) is 0 Å². The summed E-state index contributed by atoms with van der Waals surface area (Å²) in [7, 11) is 2.04. The van der Waals surface area contributed by atoms with Gasteiger partial charge in [-0.15, -0.1) is 0 Å². The quantitative estimate of drug-likeness (QED) is 0.784. The zero-order valence-corrected chi connectivity index (χ0v) is 9.40. The molecule has 0 radical (unpaired) electrons. The van der Waals surface area contributed by atoms with Gasteiger partial charge in [0.1, 0.15) is 0 Å². The number of rotatable bonds is 1. The monoisotopic (exact) mass is 213 g/mol. The fourth-order valence-corrected chi connectivity index (χ4v) is 2.21. The number of aryl methyl sites for hydroxylation is 1. The van der Waals surface area contributed by atoms with Crippen LogP contribution in [0, 0.1) is 0 Å². The minimum Gasteiger partial charge on any atom is -0.334 e. The molecule has 0 amide bonds. The van der Waals surface area contributed by atoms with Gasteiger partial charge in [0, 0.05) is 13.6 Å². The van der Waals surface area contributed by atoms with E-state index in [4.69, 9.17) is 0 Å². The Hall–Kier alpha value is -1.61. The third kappa shape index (κ3) is 1.53. The summed E-state index contributed by atoms with van der Waals surface area (Å²) in [5.74, 6) is 0. The molecule has 0 atom stereocenters. The minimum atomic E-state index is 0.985. The normalized spacial score (nSPS) is 16.4. The number of hydrogen-bond acceptors (Lipinski definition) is 2. The molecule has 2 aromatic rings. The molecule has 2 heterocycles. The molecule has 0 unspecified atom stereocenters. The number of nitrogens with one attached hydrogen (secondary N) is 1. The third-order valence-electron chi connectivity index (χ3n) is 3.16. The molecule has 1 aromatic carbocycles. The van der Waals surface area contributed by atoms with Crippen LogP contribution in [0.3, 0.4) is 0 Å². The lowest BCUT2D eigenvalue weighted by Crippen LogP contribution is -2.19. The lowest BCUT2D eigenvalue weighted by atomic mass is 10.00. The number of fused-ring (bicyclic) bond motifs is 1. The van der Waals surface area contributed by atoms with Gasteiger partial charge in [-0.1, -0.05) is 12.1 Å². The molecular weight excluding hydrogens is 198 g/mol. The zero-order chi connectivity index (χ0) is 11.0. The van der Waals surface area contributed by atoms with Gasteiger partial charge in [-0.05, 0) is 36.2 Å². The van der Waals surface area contributed by atoms with E-state index in [-0.39, 0.29) is 0 Å². The fourth-order valence-electron chi connectivity index (χ4n) is 2.21. The van der Waals surface area contributed by atoms with Gasteiger partial charge in [-0.2, -0.15) is 0 Å². The van der Waals surface area contributed by atoms with E-state index >= 15 is 0 Å². The highest BCUT2D eigenvalue weighted by molar-refractivity contribution is 5.81. The Balaban J connectivity index is 2.10. The molecule has 3 nitrogen and oxygen atoms in total. The largest absolute Gasteiger partial charge is 0.334 e. The molecule has 3 rings (SSSR count). The van der Waals surface area contributed by atoms with Crippen LogP contribution in [-0.4, -0.2) is 22.6 Å². The molecule has 1 N–H and O–H groups in total. The summed E-state index contributed by atoms with van der Waals surface area (Å²) in [5, 5.41) is 3.33. The first-order chi connectivity index (χ1) is 7.84. The van der Waals surface area contributed by atoms with Crippen molar-refractivity contribution in [2.45, 2.75) is 6.42 Å². The smallest absolute Gasteiger partial charge is 0.0955 e. The van der Waals surface area contributed by atoms with Crippen molar-refractivity contribution in [3.8, 4) is 0 Å². The lowest BCUT2D eigenvalue weighted by Gasteiger charge is -2.14. The molecule has 0 spiro atoms. The number of hydrogen-bond donors (Lipinski definition) is 1. The van der Waals surface area contributed by atoms with Crippen LogP contribution in [0.2, 0.25) is 0 Å². The summed E-state index contributed by atoms with van der Waals surface area (Å²) in [6.45, 7) is 2.06. The molecule has 1 aromatic heterocycles. The van der Waals surface area contributed by atoms with Crippen molar-refractivity contribution in [3.63, 3.8) is 0 Å². The maximum absolute atomic E-state index is 4.34. The van der Waals surface area contributed by atoms with Crippen molar-refractivity contribution in [1.82, 2.24) is 14.9 Å². The van der Waals surface area contributed by atoms with Gasteiger partial charge < -0.3 is 9.88 Å². The topological polar surface area (TPSA) is 29.9 Å². The van der Waals surface area contributed by atoms with Gasteiger partial charge >= 0.3 is 0 Å². The van der Waals surface area contributed by atoms with Crippen LogP contribution in [0.1, 0.15) is 12.0 Å². The molecule has 1 aliphatic heterocycles. The lowest BCUT2D eigenvalue weighted by molar-refractivity contribution is 0.738. The molecule has 0 aliphatic carbocycles. The van der Waals surface area contributed by atoms with Crippen molar-refractivity contribution in [2.75, 3.05) is 13.1 Å². The molecule has 0 bridgehead atoms. The molecule has 0 fully saturated rings. The zero-order valence-electron chi connectivity index (χ0n) is 9.40. The van der Waals surface area contributed by atoms with E-state index in [1.165, 1.54) is 16.7 Å². The summed E-state index contributed by atoms with van der Waals surface area (Å²) in [6, 6.07) is 6.51. The summed E-state index contributed by atoms with van der Waals surface area (Å²) >= 11 is 0. The molecule has 16 heavy (non-hydrogen) atoms. The first-order valence-electron chi connectivity index (χ1n) is 5.66. The Bertz CT molecular complexity index is 551. The van der Waals surface area contributed by atoms with Crippen LogP contribution in [0.25, 0.3) is 16.6 Å². The van der Waals surface area contributed by atoms with Crippen LogP contribution < -0.4 is 5.32 Å². The minimum absolute atomic E-state index is 0.985. The Morgan fingerprint density at radius 3 is 3.12 bits per heavy atom. The average Bonchev–Trinajstić information content (AvgIpc) is 2.72. The van der Waals surface area contributed by atoms with Gasteiger partial charge in [0.2, 0.25) is 0 Å². The van der Waals surface area contributed by atoms with Crippen LogP contribution >= 0.6 is 0 Å². The van der Waals surface area contributed by atoms with Crippen LogP contribution in [0.15, 0.2) is 30.6 Å². The highest BCUT2D eigenvalue weighted by Crippen LogP contribution is 2.23. The average molecular weight is 213 g/mol. The molecule has 82 valence electrons. The van der Waals surface area contributed by atoms with Crippen LogP contribution in [-0.2, 0) is 7.05 Å². The highest BCUT2D eigenvalue weighted by Gasteiger charge is 2.07. The van der Waals surface area contributed by atoms with Crippen molar-refractivity contribution >= 4 is 16.6 Å². The van der Waals surface area contributed by atoms with Crippen LogP contribution in [0.4, 0.5) is 0 Å². The van der Waals surface area contributed by atoms with E-state index in [2.05, 4.69) is 39.1 Å². The fraction of sp³-hybridized carbons (Fsp3) is 0.308. The first-order valence-corrected chi connectivity index (χ1v) is 5.66. The molecule has 0 saturated heterocycles. The predicted molar refractivity (Wildman–Crippen MR) is 66.2 cm³/mol. The van der Waals surface area contributed by atoms with Crippen LogP contribution in [0.5, 0.6) is 0 Å². The second-order valence-corrected chi connectivity index (χ2v) is 4.24. The number of imidazole rings is 1. The molecule has 0 saturated carbocycles. The summed E-state index contributed by atoms with van der Waals surface area (Å²) in [6.07, 6.45) is 5.26. The maximum Gasteiger partial charge on any atom is 0.0955 e. The number of benzene rings is 1. The molecule has 1 aliphatic rings. The first kappa shape index (κ1) is 9.60. The van der Waals surface area contributed by atoms with Gasteiger partial charge in [-0.3, -0.25) is 0 Å². The van der Waals surface area contributed by atoms with Crippen molar-refractivity contribution in [3.05, 3.63) is 36.2 Å². The second kappa shape index (κ2) is 3.76. The van der Waals surface area contributed by atoms with E-state index in [1.807, 2.05) is 13.4 Å². The van der Waals surface area contributed by atoms with Gasteiger partial charge in [0.25, 0.3) is 0 Å². The third-order valence-corrected chi connectivity index (χ3v) is 3.16. The molecular formula is C13H15N3. The number of aromatic nitrogens is 2. The van der Waals surface area contributed by atoms with E-state index in [0.29, 0.717) is 0 Å². The Morgan fingerprint density at radius 1 is 1.38 bits per heavy atom. The molecule has 3 heteroatoms. The SMILES string of the molecule is Cn1cnc2ccc(C3=CCNCC3)cc21. The Labute approximate surface area is 94.8 Å². The van der Waals surface area contributed by atoms with Gasteiger partial charge in [0.05, 0.1) is 17.4 Å².